The summed E-state index contributed by atoms with van der Waals surface area (Å²) in [6, 6.07) is 7.27. The number of ether oxygens (including phenoxy) is 2. The van der Waals surface area contributed by atoms with Gasteiger partial charge in [-0.2, -0.15) is 10.2 Å². The molecule has 0 spiro atoms. The summed E-state index contributed by atoms with van der Waals surface area (Å²) in [6.45, 7) is 6.39. The van der Waals surface area contributed by atoms with Gasteiger partial charge in [0.25, 0.3) is 12.3 Å². The highest BCUT2D eigenvalue weighted by molar-refractivity contribution is 6.08. The summed E-state index contributed by atoms with van der Waals surface area (Å²) < 4.78 is 47.2. The Morgan fingerprint density at radius 1 is 1.06 bits per heavy atom. The van der Waals surface area contributed by atoms with Crippen LogP contribution in [0.25, 0.3) is 16.7 Å². The molecule has 8 heterocycles. The molecule has 4 aliphatic heterocycles. The first kappa shape index (κ1) is 42.7. The molecular weight excluding hydrogens is 829 g/mol. The lowest BCUT2D eigenvalue weighted by atomic mass is 9.85. The van der Waals surface area contributed by atoms with Crippen LogP contribution in [0.1, 0.15) is 111 Å². The second kappa shape index (κ2) is 17.6. The van der Waals surface area contributed by atoms with Crippen LogP contribution in [0.5, 0.6) is 0 Å². The molecule has 5 aliphatic rings. The molecule has 17 nitrogen and oxygen atoms in total. The number of benzene rings is 1. The highest BCUT2D eigenvalue weighted by atomic mass is 19.3. The minimum Gasteiger partial charge on any atom is -0.375 e. The van der Waals surface area contributed by atoms with E-state index >= 15 is 0 Å². The molecule has 5 fully saturated rings. The van der Waals surface area contributed by atoms with Crippen molar-refractivity contribution in [3.05, 3.63) is 70.2 Å². The van der Waals surface area contributed by atoms with Crippen LogP contribution in [0.3, 0.4) is 0 Å². The number of para-hydroxylation sites is 1. The number of morpholine rings is 1. The molecule has 2 unspecified atom stereocenters. The van der Waals surface area contributed by atoms with Crippen molar-refractivity contribution in [1.29, 1.82) is 0 Å². The smallest absolute Gasteiger partial charge is 0.329 e. The number of anilines is 2. The molecule has 4 aromatic heterocycles. The number of piperidine rings is 2. The van der Waals surface area contributed by atoms with Crippen LogP contribution in [-0.2, 0) is 27.7 Å². The Bertz CT molecular complexity index is 2570. The van der Waals surface area contributed by atoms with Crippen LogP contribution in [-0.4, -0.2) is 119 Å². The van der Waals surface area contributed by atoms with Crippen LogP contribution in [0, 0.1) is 5.92 Å². The van der Waals surface area contributed by atoms with Crippen molar-refractivity contribution in [3.8, 4) is 0 Å². The van der Waals surface area contributed by atoms with Gasteiger partial charge in [0.1, 0.15) is 23.7 Å². The molecule has 10 rings (SSSR count). The van der Waals surface area contributed by atoms with Gasteiger partial charge in [-0.3, -0.25) is 23.4 Å². The van der Waals surface area contributed by atoms with E-state index in [1.54, 1.807) is 33.3 Å². The number of alkyl halides is 2. The number of amides is 2. The summed E-state index contributed by atoms with van der Waals surface area (Å²) in [5.41, 5.74) is 2.45. The average Bonchev–Trinajstić information content (AvgIpc) is 4.14. The van der Waals surface area contributed by atoms with Crippen LogP contribution >= 0.6 is 0 Å². The van der Waals surface area contributed by atoms with E-state index in [1.165, 1.54) is 10.7 Å². The Morgan fingerprint density at radius 3 is 2.61 bits per heavy atom. The number of carbonyl (C=O) groups excluding carboxylic acids is 2. The number of hydrogen-bond acceptors (Lipinski definition) is 11. The minimum atomic E-state index is -2.86. The molecule has 4 saturated heterocycles. The maximum atomic E-state index is 14.3. The number of nitrogens with zero attached hydrogens (tertiary/aromatic N) is 9. The molecule has 3 N–H and O–H groups in total. The van der Waals surface area contributed by atoms with Crippen LogP contribution < -0.4 is 21.2 Å². The van der Waals surface area contributed by atoms with Crippen molar-refractivity contribution in [3.63, 3.8) is 0 Å². The van der Waals surface area contributed by atoms with E-state index in [0.717, 1.165) is 106 Å². The highest BCUT2D eigenvalue weighted by Gasteiger charge is 2.40. The quantitative estimate of drug-likeness (QED) is 0.149. The van der Waals surface area contributed by atoms with Gasteiger partial charge in [0.05, 0.1) is 59.9 Å². The third-order valence-electron chi connectivity index (χ3n) is 14.3. The second-order valence-corrected chi connectivity index (χ2v) is 18.5. The van der Waals surface area contributed by atoms with E-state index in [2.05, 4.69) is 37.6 Å². The van der Waals surface area contributed by atoms with Gasteiger partial charge in [-0.05, 0) is 101 Å². The summed E-state index contributed by atoms with van der Waals surface area (Å²) in [5, 5.41) is 23.7. The number of carbonyl (C=O) groups is 2. The number of aryl methyl sites for hydroxylation is 2. The lowest BCUT2D eigenvalue weighted by molar-refractivity contribution is -0.130. The normalized spacial score (nSPS) is 26.1. The lowest BCUT2D eigenvalue weighted by Crippen LogP contribution is -2.46. The first-order chi connectivity index (χ1) is 31.0. The van der Waals surface area contributed by atoms with Crippen molar-refractivity contribution in [2.45, 2.75) is 127 Å². The molecule has 2 bridgehead atoms. The maximum absolute atomic E-state index is 14.3. The highest BCUT2D eigenvalue weighted by Crippen LogP contribution is 2.37. The monoisotopic (exact) mass is 885 g/mol. The molecule has 1 saturated carbocycles. The molecule has 64 heavy (non-hydrogen) atoms. The minimum absolute atomic E-state index is 0.000529. The van der Waals surface area contributed by atoms with E-state index in [-0.39, 0.29) is 53.2 Å². The number of halogens is 2. The molecule has 0 radical (unpaired) electrons. The molecule has 1 aliphatic carbocycles. The molecule has 2 amide bonds. The van der Waals surface area contributed by atoms with Crippen molar-refractivity contribution in [2.24, 2.45) is 13.0 Å². The Labute approximate surface area is 368 Å². The summed E-state index contributed by atoms with van der Waals surface area (Å²) in [4.78, 5) is 49.1. The molecule has 5 aromatic rings. The first-order valence-corrected chi connectivity index (χ1v) is 22.9. The molecule has 342 valence electrons. The van der Waals surface area contributed by atoms with E-state index in [1.807, 2.05) is 24.3 Å². The van der Waals surface area contributed by atoms with E-state index in [0.29, 0.717) is 31.0 Å². The maximum Gasteiger partial charge on any atom is 0.329 e. The van der Waals surface area contributed by atoms with Crippen LogP contribution in [0.2, 0.25) is 0 Å². The number of rotatable bonds is 13. The van der Waals surface area contributed by atoms with Gasteiger partial charge in [0.15, 0.2) is 11.3 Å². The van der Waals surface area contributed by atoms with Gasteiger partial charge < -0.3 is 35.0 Å². The van der Waals surface area contributed by atoms with Crippen LogP contribution in [0.15, 0.2) is 47.7 Å². The number of aliphatic hydroxyl groups excluding tert-OH is 1. The number of fused-ring (bicyclic) bond motifs is 4. The topological polar surface area (TPSA) is 178 Å². The van der Waals surface area contributed by atoms with Gasteiger partial charge in [0.2, 0.25) is 5.91 Å². The number of imidazole rings is 1. The second-order valence-electron chi connectivity index (χ2n) is 18.5. The lowest BCUT2D eigenvalue weighted by Gasteiger charge is -2.37. The SMILES string of the molecule is C[C@H](CCc1cccc2c1n(C)c(=O)n2C1CCC(O)NC1=O)OC1CCN(CC2CCC(n3cc(NC(=O)c4cnn5ccc(N6C[C@H]7C[C@@H]6CO7)nc45)c(C(F)F)n3)CC2)CC1. The summed E-state index contributed by atoms with van der Waals surface area (Å²) in [6.07, 6.45) is 10.1. The number of likely N-dealkylation sites (tertiary alicyclic amines) is 1. The summed E-state index contributed by atoms with van der Waals surface area (Å²) in [5.74, 6) is 0.328. The van der Waals surface area contributed by atoms with Crippen molar-refractivity contribution < 1.29 is 33.0 Å². The van der Waals surface area contributed by atoms with E-state index in [9.17, 15) is 28.3 Å². The standard InChI is InChI=1S/C45H57F2N11O6/c1-26(6-9-28-4-3-5-35-40(28)53(2)45(62)58(35)36-12-13-38(59)51-44(36)61)64-31-14-17-54(18-15-31)22-27-7-10-29(11-8-27)57-24-34(39(52-57)41(46)47)49-43(60)33-21-48-56-19-16-37(50-42(33)56)55-23-32-20-30(55)25-63-32/h3-5,16,19,21,24,26-27,29-32,36,38,41,59H,6-15,17-18,20,22-23,25H2,1-2H3,(H,49,60)(H,51,61)/t26-,27?,29?,30-,32-,36?,38?/m1/s1. The fourth-order valence-corrected chi connectivity index (χ4v) is 10.9. The van der Waals surface area contributed by atoms with Crippen molar-refractivity contribution in [1.82, 2.24) is 43.7 Å². The summed E-state index contributed by atoms with van der Waals surface area (Å²) >= 11 is 0. The predicted molar refractivity (Wildman–Crippen MR) is 233 cm³/mol. The zero-order valence-corrected chi connectivity index (χ0v) is 36.3. The largest absolute Gasteiger partial charge is 0.375 e. The predicted octanol–water partition coefficient (Wildman–Crippen LogP) is 4.75. The molecule has 5 atom stereocenters. The van der Waals surface area contributed by atoms with E-state index in [4.69, 9.17) is 14.5 Å². The number of aliphatic hydroxyl groups is 1. The Morgan fingerprint density at radius 2 is 1.88 bits per heavy atom. The fraction of sp³-hybridized carbons (Fsp3) is 0.600. The Balaban J connectivity index is 0.691. The van der Waals surface area contributed by atoms with Gasteiger partial charge in [0, 0.05) is 45.6 Å². The fourth-order valence-electron chi connectivity index (χ4n) is 10.9. The first-order valence-electron chi connectivity index (χ1n) is 22.9. The molecular formula is C45H57F2N11O6. The van der Waals surface area contributed by atoms with Gasteiger partial charge in [-0.25, -0.2) is 23.1 Å². The molecule has 19 heteroatoms. The van der Waals surface area contributed by atoms with Crippen LogP contribution in [0.4, 0.5) is 20.3 Å². The Kier molecular flexibility index (Phi) is 11.8. The van der Waals surface area contributed by atoms with Crippen molar-refractivity contribution in [2.75, 3.05) is 43.0 Å². The van der Waals surface area contributed by atoms with Gasteiger partial charge >= 0.3 is 5.69 Å². The van der Waals surface area contributed by atoms with E-state index < -0.39 is 30.3 Å². The zero-order valence-electron chi connectivity index (χ0n) is 36.3. The summed E-state index contributed by atoms with van der Waals surface area (Å²) in [7, 11) is 1.75. The van der Waals surface area contributed by atoms with Crippen molar-refractivity contribution >= 4 is 40.0 Å². The number of hydrogen-bond donors (Lipinski definition) is 3. The van der Waals surface area contributed by atoms with Gasteiger partial charge in [-0.15, -0.1) is 0 Å². The van der Waals surface area contributed by atoms with Gasteiger partial charge in [-0.1, -0.05) is 12.1 Å². The zero-order chi connectivity index (χ0) is 44.2. The third kappa shape index (κ3) is 8.31. The third-order valence-corrected chi connectivity index (χ3v) is 14.3. The average molecular weight is 886 g/mol. The number of nitrogens with one attached hydrogen (secondary N) is 2. The Hall–Kier alpha value is -5.24. The molecule has 1 aromatic carbocycles. The number of aromatic nitrogens is 7.